The second kappa shape index (κ2) is 12.1. The van der Waals surface area contributed by atoms with Gasteiger partial charge in [-0.2, -0.15) is 4.31 Å². The van der Waals surface area contributed by atoms with E-state index in [1.165, 1.54) is 15.6 Å². The van der Waals surface area contributed by atoms with Crippen molar-refractivity contribution in [2.45, 2.75) is 31.2 Å². The molecule has 3 aromatic carbocycles. The molecular weight excluding hydrogens is 530 g/mol. The second-order valence-electron chi connectivity index (χ2n) is 9.38. The molecule has 202 valence electrons. The number of carbonyl (C=O) groups is 1. The number of sulfonamides is 1. The number of rotatable bonds is 8. The van der Waals surface area contributed by atoms with E-state index in [1.807, 2.05) is 60.0 Å². The molecule has 1 aromatic heterocycles. The summed E-state index contributed by atoms with van der Waals surface area (Å²) in [5, 5.41) is 2.03. The van der Waals surface area contributed by atoms with Gasteiger partial charge in [-0.1, -0.05) is 60.7 Å². The fourth-order valence-electron chi connectivity index (χ4n) is 4.74. The Balaban J connectivity index is 1.47. The van der Waals surface area contributed by atoms with Crippen LogP contribution in [-0.2, 0) is 26.1 Å². The molecule has 4 aromatic rings. The zero-order valence-electron chi connectivity index (χ0n) is 21.8. The van der Waals surface area contributed by atoms with Crippen molar-refractivity contribution >= 4 is 33.0 Å². The Kier molecular flexibility index (Phi) is 8.40. The van der Waals surface area contributed by atoms with Gasteiger partial charge in [0, 0.05) is 24.0 Å². The zero-order valence-corrected chi connectivity index (χ0v) is 23.4. The lowest BCUT2D eigenvalue weighted by molar-refractivity contribution is -0.149. The maximum absolute atomic E-state index is 13.6. The molecule has 0 saturated carbocycles. The van der Waals surface area contributed by atoms with E-state index in [1.54, 1.807) is 25.1 Å². The van der Waals surface area contributed by atoms with Crippen molar-refractivity contribution in [3.05, 3.63) is 101 Å². The molecule has 0 atom stereocenters. The molecule has 1 saturated heterocycles. The average molecular weight is 562 g/mol. The number of para-hydroxylation sites is 1. The quantitative estimate of drug-likeness (QED) is 0.268. The first-order chi connectivity index (χ1) is 19.0. The van der Waals surface area contributed by atoms with Gasteiger partial charge in [0.15, 0.2) is 4.80 Å². The van der Waals surface area contributed by atoms with Gasteiger partial charge in [0.1, 0.15) is 0 Å². The SMILES string of the molecule is CCOC(=O)C1CCN(S(=O)(=O)c2cccc(-c3csc(=Nc4ccccc4)n3Cc3ccccc3)c2)CC1. The third-order valence-electron chi connectivity index (χ3n) is 6.80. The number of esters is 1. The van der Waals surface area contributed by atoms with Crippen LogP contribution in [0.2, 0.25) is 0 Å². The summed E-state index contributed by atoms with van der Waals surface area (Å²) < 4.78 is 35.9. The van der Waals surface area contributed by atoms with E-state index in [0.29, 0.717) is 39.1 Å². The molecular formula is C30H31N3O4S2. The first-order valence-corrected chi connectivity index (χ1v) is 15.4. The van der Waals surface area contributed by atoms with Crippen LogP contribution >= 0.6 is 11.3 Å². The topological polar surface area (TPSA) is 81.0 Å². The van der Waals surface area contributed by atoms with Gasteiger partial charge in [-0.3, -0.25) is 4.79 Å². The van der Waals surface area contributed by atoms with Gasteiger partial charge in [0.2, 0.25) is 10.0 Å². The first kappa shape index (κ1) is 27.1. The lowest BCUT2D eigenvalue weighted by Crippen LogP contribution is -2.40. The van der Waals surface area contributed by atoms with E-state index in [4.69, 9.17) is 9.73 Å². The van der Waals surface area contributed by atoms with E-state index in [-0.39, 0.29) is 16.8 Å². The minimum atomic E-state index is -3.72. The fraction of sp³-hybridized carbons (Fsp3) is 0.267. The highest BCUT2D eigenvalue weighted by atomic mass is 32.2. The van der Waals surface area contributed by atoms with Crippen molar-refractivity contribution in [1.82, 2.24) is 8.87 Å². The predicted octanol–water partition coefficient (Wildman–Crippen LogP) is 5.46. The zero-order chi connectivity index (χ0) is 27.2. The number of nitrogens with zero attached hydrogens (tertiary/aromatic N) is 3. The van der Waals surface area contributed by atoms with Crippen molar-refractivity contribution < 1.29 is 17.9 Å². The van der Waals surface area contributed by atoms with Gasteiger partial charge >= 0.3 is 5.97 Å². The molecule has 0 bridgehead atoms. The largest absolute Gasteiger partial charge is 0.466 e. The van der Waals surface area contributed by atoms with Crippen LogP contribution in [0.3, 0.4) is 0 Å². The summed E-state index contributed by atoms with van der Waals surface area (Å²) in [7, 11) is -3.72. The Hall–Kier alpha value is -3.53. The van der Waals surface area contributed by atoms with Crippen LogP contribution in [0.1, 0.15) is 25.3 Å². The van der Waals surface area contributed by atoms with Gasteiger partial charge < -0.3 is 9.30 Å². The molecule has 0 amide bonds. The van der Waals surface area contributed by atoms with Gasteiger partial charge in [-0.05, 0) is 49.6 Å². The normalized spacial score (nSPS) is 15.4. The summed E-state index contributed by atoms with van der Waals surface area (Å²) >= 11 is 1.53. The van der Waals surface area contributed by atoms with Gasteiger partial charge in [-0.25, -0.2) is 13.4 Å². The number of hydrogen-bond acceptors (Lipinski definition) is 6. The standard InChI is InChI=1S/C30H31N3O4S2/c1-2-37-29(34)24-16-18-32(19-17-24)39(35,36)27-15-9-12-25(20-27)28-22-38-30(31-26-13-7-4-8-14-26)33(28)21-23-10-5-3-6-11-23/h3-15,20,22,24H,2,16-19,21H2,1H3. The molecule has 0 radical (unpaired) electrons. The smallest absolute Gasteiger partial charge is 0.309 e. The van der Waals surface area contributed by atoms with Crippen LogP contribution in [-0.4, -0.2) is 43.0 Å². The monoisotopic (exact) mass is 561 g/mol. The molecule has 39 heavy (non-hydrogen) atoms. The van der Waals surface area contributed by atoms with Crippen molar-refractivity contribution in [1.29, 1.82) is 0 Å². The molecule has 7 nitrogen and oxygen atoms in total. The number of benzene rings is 3. The summed E-state index contributed by atoms with van der Waals surface area (Å²) in [6.45, 7) is 3.30. The Morgan fingerprint density at radius 2 is 1.67 bits per heavy atom. The molecule has 5 rings (SSSR count). The molecule has 0 N–H and O–H groups in total. The van der Waals surface area contributed by atoms with Crippen molar-refractivity contribution in [2.75, 3.05) is 19.7 Å². The molecule has 1 fully saturated rings. The molecule has 1 aliphatic rings. The first-order valence-electron chi connectivity index (χ1n) is 13.0. The van der Waals surface area contributed by atoms with Crippen LogP contribution < -0.4 is 4.80 Å². The number of carbonyl (C=O) groups excluding carboxylic acids is 1. The number of hydrogen-bond donors (Lipinski definition) is 0. The third-order valence-corrected chi connectivity index (χ3v) is 9.56. The van der Waals surface area contributed by atoms with Crippen molar-refractivity contribution in [3.63, 3.8) is 0 Å². The Bertz CT molecular complexity index is 1590. The van der Waals surface area contributed by atoms with Crippen LogP contribution in [0.4, 0.5) is 5.69 Å². The maximum Gasteiger partial charge on any atom is 0.309 e. The predicted molar refractivity (Wildman–Crippen MR) is 153 cm³/mol. The summed E-state index contributed by atoms with van der Waals surface area (Å²) in [5.74, 6) is -0.494. The van der Waals surface area contributed by atoms with E-state index in [2.05, 4.69) is 16.7 Å². The number of piperidine rings is 1. The highest BCUT2D eigenvalue weighted by Crippen LogP contribution is 2.29. The minimum absolute atomic E-state index is 0.242. The molecule has 2 heterocycles. The molecule has 9 heteroatoms. The highest BCUT2D eigenvalue weighted by molar-refractivity contribution is 7.89. The van der Waals surface area contributed by atoms with Gasteiger partial charge in [-0.15, -0.1) is 11.3 Å². The molecule has 0 spiro atoms. The van der Waals surface area contributed by atoms with E-state index in [0.717, 1.165) is 27.3 Å². The lowest BCUT2D eigenvalue weighted by atomic mass is 9.98. The van der Waals surface area contributed by atoms with Crippen LogP contribution in [0.15, 0.2) is 100 Å². The maximum atomic E-state index is 13.6. The summed E-state index contributed by atoms with van der Waals surface area (Å²) in [4.78, 5) is 18.1. The fourth-order valence-corrected chi connectivity index (χ4v) is 7.18. The van der Waals surface area contributed by atoms with Crippen molar-refractivity contribution in [2.24, 2.45) is 10.9 Å². The van der Waals surface area contributed by atoms with Gasteiger partial charge in [0.05, 0.1) is 35.3 Å². The summed E-state index contributed by atoms with van der Waals surface area (Å²) in [6.07, 6.45) is 0.924. The minimum Gasteiger partial charge on any atom is -0.466 e. The molecule has 1 aliphatic heterocycles. The molecule has 0 unspecified atom stereocenters. The highest BCUT2D eigenvalue weighted by Gasteiger charge is 2.33. The van der Waals surface area contributed by atoms with Gasteiger partial charge in [0.25, 0.3) is 0 Å². The number of aromatic nitrogens is 1. The van der Waals surface area contributed by atoms with E-state index >= 15 is 0 Å². The number of thiazole rings is 1. The van der Waals surface area contributed by atoms with Crippen LogP contribution in [0.5, 0.6) is 0 Å². The second-order valence-corrected chi connectivity index (χ2v) is 12.2. The van der Waals surface area contributed by atoms with Crippen LogP contribution in [0.25, 0.3) is 11.3 Å². The van der Waals surface area contributed by atoms with E-state index in [9.17, 15) is 13.2 Å². The summed E-state index contributed by atoms with van der Waals surface area (Å²) in [6, 6.07) is 27.0. The van der Waals surface area contributed by atoms with Crippen molar-refractivity contribution in [3.8, 4) is 11.3 Å². The molecule has 0 aliphatic carbocycles. The average Bonchev–Trinajstić information content (AvgIpc) is 3.36. The Morgan fingerprint density at radius 3 is 2.36 bits per heavy atom. The third kappa shape index (κ3) is 6.21. The lowest BCUT2D eigenvalue weighted by Gasteiger charge is -2.30. The number of ether oxygens (including phenoxy) is 1. The van der Waals surface area contributed by atoms with E-state index < -0.39 is 10.0 Å². The van der Waals surface area contributed by atoms with Crippen LogP contribution in [0, 0.1) is 5.92 Å². The summed E-state index contributed by atoms with van der Waals surface area (Å²) in [5.41, 5.74) is 3.69. The Labute approximate surface area is 233 Å². The Morgan fingerprint density at radius 1 is 0.974 bits per heavy atom.